The summed E-state index contributed by atoms with van der Waals surface area (Å²) in [5, 5.41) is 14.5. The van der Waals surface area contributed by atoms with Gasteiger partial charge in [-0.05, 0) is 55.0 Å². The molecule has 3 amide bonds. The van der Waals surface area contributed by atoms with Crippen LogP contribution in [0, 0.1) is 6.92 Å². The van der Waals surface area contributed by atoms with Crippen LogP contribution in [0.2, 0.25) is 0 Å². The predicted molar refractivity (Wildman–Crippen MR) is 169 cm³/mol. The molecule has 2 aromatic heterocycles. The van der Waals surface area contributed by atoms with E-state index < -0.39 is 13.1 Å². The average Bonchev–Trinajstić information content (AvgIpc) is 3.46. The summed E-state index contributed by atoms with van der Waals surface area (Å²) in [6, 6.07) is 11.8. The van der Waals surface area contributed by atoms with Gasteiger partial charge in [0.2, 0.25) is 0 Å². The Hall–Kier alpha value is -5.31. The Morgan fingerprint density at radius 3 is 2.32 bits per heavy atom. The van der Waals surface area contributed by atoms with Crippen LogP contribution in [0.15, 0.2) is 61.1 Å². The number of amides is 3. The van der Waals surface area contributed by atoms with Gasteiger partial charge < -0.3 is 39.6 Å². The summed E-state index contributed by atoms with van der Waals surface area (Å²) in [4.78, 5) is 46.7. The number of nitrogens with one attached hydrogen (secondary N) is 2. The van der Waals surface area contributed by atoms with Crippen molar-refractivity contribution < 1.29 is 37.5 Å². The lowest BCUT2D eigenvalue weighted by molar-refractivity contribution is -0.869. The third-order valence-corrected chi connectivity index (χ3v) is 7.44. The van der Waals surface area contributed by atoms with Gasteiger partial charge in [-0.25, -0.2) is 14.8 Å². The lowest BCUT2D eigenvalue weighted by atomic mass is 10.1. The smallest absolute Gasteiger partial charge is 0.387 e. The molecule has 1 aliphatic rings. The molecule has 2 N–H and O–H groups in total. The zero-order valence-corrected chi connectivity index (χ0v) is 26.7. The number of benzene rings is 2. The Balaban J connectivity index is 0.00000160. The molecular formula is C32H38F2N8O5. The van der Waals surface area contributed by atoms with Gasteiger partial charge in [0, 0.05) is 61.9 Å². The molecule has 1 aliphatic heterocycles. The molecule has 0 unspecified atom stereocenters. The molecule has 47 heavy (non-hydrogen) atoms. The topological polar surface area (TPSA) is 144 Å². The van der Waals surface area contributed by atoms with Crippen LogP contribution in [0.1, 0.15) is 15.9 Å². The molecule has 3 heterocycles. The van der Waals surface area contributed by atoms with Crippen LogP contribution in [-0.4, -0.2) is 114 Å². The van der Waals surface area contributed by atoms with Crippen LogP contribution in [0.3, 0.4) is 0 Å². The quantitative estimate of drug-likeness (QED) is 0.208. The zero-order valence-electron chi connectivity index (χ0n) is 26.7. The Morgan fingerprint density at radius 1 is 1.04 bits per heavy atom. The van der Waals surface area contributed by atoms with Crippen molar-refractivity contribution in [3.05, 3.63) is 72.2 Å². The minimum absolute atomic E-state index is 0.0674. The average molecular weight is 653 g/mol. The number of rotatable bonds is 9. The molecule has 4 aromatic rings. The lowest BCUT2D eigenvalue weighted by Crippen LogP contribution is -2.54. The van der Waals surface area contributed by atoms with Crippen molar-refractivity contribution in [3.63, 3.8) is 0 Å². The minimum atomic E-state index is -2.88. The van der Waals surface area contributed by atoms with E-state index in [4.69, 9.17) is 9.90 Å². The number of fused-ring (bicyclic) bond motifs is 1. The first kappa shape index (κ1) is 34.6. The number of carbonyl (C=O) groups excluding carboxylic acids is 3. The highest BCUT2D eigenvalue weighted by Gasteiger charge is 2.26. The Bertz CT molecular complexity index is 1680. The second-order valence-corrected chi connectivity index (χ2v) is 11.8. The van der Waals surface area contributed by atoms with Crippen molar-refractivity contribution in [3.8, 4) is 17.0 Å². The zero-order chi connectivity index (χ0) is 34.1. The van der Waals surface area contributed by atoms with Gasteiger partial charge >= 0.3 is 12.6 Å². The van der Waals surface area contributed by atoms with E-state index in [0.29, 0.717) is 49.8 Å². The molecule has 0 aliphatic carbocycles. The number of alkyl halides is 2. The molecular weight excluding hydrogens is 614 g/mol. The number of anilines is 2. The number of imidazole rings is 1. The number of aryl methyl sites for hydroxylation is 1. The Kier molecular flexibility index (Phi) is 11.3. The van der Waals surface area contributed by atoms with E-state index in [1.165, 1.54) is 12.1 Å². The van der Waals surface area contributed by atoms with Crippen LogP contribution in [0.5, 0.6) is 5.75 Å². The number of halogens is 2. The van der Waals surface area contributed by atoms with Crippen molar-refractivity contribution in [1.29, 1.82) is 0 Å². The number of carbonyl (C=O) groups is 3. The van der Waals surface area contributed by atoms with Crippen LogP contribution in [-0.2, 0) is 4.79 Å². The molecule has 0 bridgehead atoms. The fraction of sp³-hybridized carbons (Fsp3) is 0.344. The molecule has 0 radical (unpaired) electrons. The first-order valence-electron chi connectivity index (χ1n) is 14.8. The van der Waals surface area contributed by atoms with Crippen LogP contribution < -0.4 is 20.5 Å². The number of aromatic nitrogens is 3. The molecule has 0 saturated carbocycles. The number of urea groups is 1. The van der Waals surface area contributed by atoms with Crippen LogP contribution in [0.4, 0.5) is 25.1 Å². The van der Waals surface area contributed by atoms with E-state index in [-0.39, 0.29) is 17.7 Å². The minimum Gasteiger partial charge on any atom is -0.554 e. The maximum absolute atomic E-state index is 13.3. The molecule has 2 aromatic carbocycles. The summed E-state index contributed by atoms with van der Waals surface area (Å²) in [5.41, 5.74) is 4.26. The van der Waals surface area contributed by atoms with E-state index in [9.17, 15) is 18.4 Å². The number of nitrogens with zero attached hydrogens (tertiary/aromatic N) is 6. The molecule has 250 valence electrons. The standard InChI is InChI=1S/C31H36F2N8O3.CH2O2/c1-21-19-23(7-10-25(21)29(42)38-14-16-39(17-15-38)31(43)35-12-18-41(2,3)4)37-27-28-36-20-26(40(28)13-11-34-27)22-5-8-24(9-6-22)44-30(32)33;2-1-3/h5-11,13,19-20,30H,12,14-18H2,1-4H3,(H-,34,35,37,42,43);1H,(H,2,3). The summed E-state index contributed by atoms with van der Waals surface area (Å²) >= 11 is 0. The second-order valence-electron chi connectivity index (χ2n) is 11.8. The van der Waals surface area contributed by atoms with Gasteiger partial charge in [-0.2, -0.15) is 8.78 Å². The number of ether oxygens (including phenoxy) is 1. The second kappa shape index (κ2) is 15.3. The van der Waals surface area contributed by atoms with Gasteiger partial charge in [0.25, 0.3) is 5.91 Å². The fourth-order valence-corrected chi connectivity index (χ4v) is 5.04. The van der Waals surface area contributed by atoms with E-state index in [1.54, 1.807) is 46.6 Å². The van der Waals surface area contributed by atoms with Crippen molar-refractivity contribution in [2.75, 3.05) is 65.7 Å². The summed E-state index contributed by atoms with van der Waals surface area (Å²) in [6.07, 6.45) is 5.10. The van der Waals surface area contributed by atoms with Gasteiger partial charge in [-0.3, -0.25) is 9.20 Å². The largest absolute Gasteiger partial charge is 0.554 e. The molecule has 1 fully saturated rings. The molecule has 13 nitrogen and oxygen atoms in total. The predicted octanol–water partition coefficient (Wildman–Crippen LogP) is 2.59. The van der Waals surface area contributed by atoms with Gasteiger partial charge in [0.1, 0.15) is 5.75 Å². The maximum atomic E-state index is 13.3. The normalized spacial score (nSPS) is 13.2. The number of likely N-dealkylation sites (N-methyl/N-ethyl adjacent to an activating group) is 1. The Morgan fingerprint density at radius 2 is 1.70 bits per heavy atom. The molecule has 0 spiro atoms. The van der Waals surface area contributed by atoms with E-state index in [2.05, 4.69) is 46.5 Å². The number of hydrogen-bond acceptors (Lipinski definition) is 8. The summed E-state index contributed by atoms with van der Waals surface area (Å²) in [7, 11) is 6.24. The van der Waals surface area contributed by atoms with Gasteiger partial charge in [0.05, 0.1) is 46.1 Å². The summed E-state index contributed by atoms with van der Waals surface area (Å²) in [5.74, 6) is 0.531. The third kappa shape index (κ3) is 9.13. The van der Waals surface area contributed by atoms with Crippen molar-refractivity contribution in [1.82, 2.24) is 29.5 Å². The monoisotopic (exact) mass is 652 g/mol. The van der Waals surface area contributed by atoms with E-state index in [0.717, 1.165) is 33.5 Å². The maximum Gasteiger partial charge on any atom is 0.387 e. The first-order valence-corrected chi connectivity index (χ1v) is 14.8. The first-order chi connectivity index (χ1) is 22.4. The third-order valence-electron chi connectivity index (χ3n) is 7.44. The van der Waals surface area contributed by atoms with Crippen molar-refractivity contribution in [2.45, 2.75) is 13.5 Å². The highest BCUT2D eigenvalue weighted by atomic mass is 19.3. The lowest BCUT2D eigenvalue weighted by Gasteiger charge is -2.35. The highest BCUT2D eigenvalue weighted by molar-refractivity contribution is 5.96. The van der Waals surface area contributed by atoms with Crippen LogP contribution in [0.25, 0.3) is 16.9 Å². The molecule has 0 atom stereocenters. The van der Waals surface area contributed by atoms with E-state index >= 15 is 0 Å². The highest BCUT2D eigenvalue weighted by Crippen LogP contribution is 2.28. The number of quaternary nitrogens is 1. The SMILES string of the molecule is Cc1cc(Nc2nccn3c(-c4ccc(OC(F)F)cc4)cnc23)ccc1C(=O)N1CCN(C(=O)NCC[N+](C)(C)C)CC1.O=C[O-]. The molecule has 15 heteroatoms. The fourth-order valence-electron chi connectivity index (χ4n) is 5.04. The van der Waals surface area contributed by atoms with E-state index in [1.807, 2.05) is 23.5 Å². The van der Waals surface area contributed by atoms with Crippen molar-refractivity contribution in [2.24, 2.45) is 0 Å². The number of piperazine rings is 1. The number of hydrogen-bond donors (Lipinski definition) is 2. The number of carboxylic acid groups (broad SMARTS) is 1. The molecule has 5 rings (SSSR count). The van der Waals surface area contributed by atoms with Crippen LogP contribution >= 0.6 is 0 Å². The van der Waals surface area contributed by atoms with Gasteiger partial charge in [-0.15, -0.1) is 0 Å². The van der Waals surface area contributed by atoms with Gasteiger partial charge in [-0.1, -0.05) is 0 Å². The Labute approximate surface area is 271 Å². The van der Waals surface area contributed by atoms with Gasteiger partial charge in [0.15, 0.2) is 11.5 Å². The summed E-state index contributed by atoms with van der Waals surface area (Å²) in [6.45, 7) is 1.84. The van der Waals surface area contributed by atoms with Crippen molar-refractivity contribution >= 4 is 35.6 Å². The molecule has 1 saturated heterocycles. The summed E-state index contributed by atoms with van der Waals surface area (Å²) < 4.78 is 32.1.